The van der Waals surface area contributed by atoms with Gasteiger partial charge in [-0.25, -0.2) is 10.2 Å². The Morgan fingerprint density at radius 1 is 1.22 bits per heavy atom. The number of hydrogen-bond acceptors (Lipinski definition) is 6. The number of carbonyl (C=O) groups is 3. The number of esters is 1. The molecule has 0 fully saturated rings. The van der Waals surface area contributed by atoms with Crippen LogP contribution in [0.5, 0.6) is 5.75 Å². The van der Waals surface area contributed by atoms with E-state index in [4.69, 9.17) is 4.74 Å². The molecule has 0 saturated heterocycles. The van der Waals surface area contributed by atoms with E-state index in [1.54, 1.807) is 0 Å². The molecule has 122 valence electrons. The summed E-state index contributed by atoms with van der Waals surface area (Å²) in [6.07, 6.45) is 0.256. The van der Waals surface area contributed by atoms with Crippen molar-refractivity contribution in [2.45, 2.75) is 19.5 Å². The number of rotatable bonds is 6. The summed E-state index contributed by atoms with van der Waals surface area (Å²) in [5, 5.41) is 3.54. The summed E-state index contributed by atoms with van der Waals surface area (Å²) in [4.78, 5) is 34.4. The van der Waals surface area contributed by atoms with Gasteiger partial charge in [-0.2, -0.15) is 13.9 Å². The molecule has 1 amide bonds. The number of amides is 1. The summed E-state index contributed by atoms with van der Waals surface area (Å²) < 4.78 is 33.0. The Morgan fingerprint density at radius 2 is 1.91 bits per heavy atom. The normalized spacial score (nSPS) is 14.0. The number of nitrogens with zero attached hydrogens (tertiary/aromatic N) is 1. The Balaban J connectivity index is 1.87. The fraction of sp³-hybridized carbons (Fsp3) is 0.286. The second-order valence-electron chi connectivity index (χ2n) is 4.50. The number of ether oxygens (including phenoxy) is 2. The standard InChI is InChI=1S/C14H12F2N2O5/c15-14(16)23-9-3-1-8(2-4-9)11(19)7-22-13(21)10-5-6-12(20)18-17-10/h1-4,14H,5-7H2,(H,18,20). The van der Waals surface area contributed by atoms with Gasteiger partial charge in [0.2, 0.25) is 5.91 Å². The number of hydrazone groups is 1. The largest absolute Gasteiger partial charge is 0.453 e. The van der Waals surface area contributed by atoms with Crippen LogP contribution in [-0.4, -0.2) is 36.6 Å². The third-order valence-corrected chi connectivity index (χ3v) is 2.88. The van der Waals surface area contributed by atoms with Gasteiger partial charge in [0.05, 0.1) is 0 Å². The molecule has 1 aromatic carbocycles. The fourth-order valence-corrected chi connectivity index (χ4v) is 1.74. The van der Waals surface area contributed by atoms with Gasteiger partial charge in [-0.1, -0.05) is 0 Å². The van der Waals surface area contributed by atoms with Crippen molar-refractivity contribution in [3.8, 4) is 5.75 Å². The van der Waals surface area contributed by atoms with Crippen molar-refractivity contribution in [3.63, 3.8) is 0 Å². The molecule has 23 heavy (non-hydrogen) atoms. The Morgan fingerprint density at radius 3 is 2.48 bits per heavy atom. The van der Waals surface area contributed by atoms with Crippen molar-refractivity contribution in [2.24, 2.45) is 5.10 Å². The van der Waals surface area contributed by atoms with Crippen LogP contribution in [0.3, 0.4) is 0 Å². The highest BCUT2D eigenvalue weighted by atomic mass is 19.3. The molecule has 1 N–H and O–H groups in total. The van der Waals surface area contributed by atoms with Gasteiger partial charge in [0.1, 0.15) is 11.5 Å². The maximum absolute atomic E-state index is 12.0. The molecule has 0 saturated carbocycles. The lowest BCUT2D eigenvalue weighted by Crippen LogP contribution is -2.31. The zero-order valence-electron chi connectivity index (χ0n) is 11.8. The molecule has 0 unspecified atom stereocenters. The zero-order valence-corrected chi connectivity index (χ0v) is 11.8. The lowest BCUT2D eigenvalue weighted by Gasteiger charge is -2.11. The van der Waals surface area contributed by atoms with Gasteiger partial charge in [0.25, 0.3) is 0 Å². The van der Waals surface area contributed by atoms with Crippen LogP contribution < -0.4 is 10.2 Å². The van der Waals surface area contributed by atoms with Crippen molar-refractivity contribution in [2.75, 3.05) is 6.61 Å². The number of benzene rings is 1. The number of nitrogens with one attached hydrogen (secondary N) is 1. The molecule has 7 nitrogen and oxygen atoms in total. The fourth-order valence-electron chi connectivity index (χ4n) is 1.74. The predicted molar refractivity (Wildman–Crippen MR) is 73.2 cm³/mol. The number of ketones is 1. The molecule has 1 aliphatic rings. The maximum Gasteiger partial charge on any atom is 0.387 e. The number of carbonyl (C=O) groups excluding carboxylic acids is 3. The summed E-state index contributed by atoms with van der Waals surface area (Å²) in [6, 6.07) is 4.99. The van der Waals surface area contributed by atoms with Crippen LogP contribution in [0.15, 0.2) is 29.4 Å². The third-order valence-electron chi connectivity index (χ3n) is 2.88. The van der Waals surface area contributed by atoms with E-state index in [0.717, 1.165) is 0 Å². The van der Waals surface area contributed by atoms with Crippen LogP contribution in [0.2, 0.25) is 0 Å². The molecule has 0 bridgehead atoms. The van der Waals surface area contributed by atoms with Gasteiger partial charge < -0.3 is 9.47 Å². The molecule has 0 spiro atoms. The van der Waals surface area contributed by atoms with Crippen molar-refractivity contribution in [1.82, 2.24) is 5.43 Å². The molecule has 1 aliphatic heterocycles. The van der Waals surface area contributed by atoms with Crippen molar-refractivity contribution in [1.29, 1.82) is 0 Å². The Hall–Kier alpha value is -2.84. The van der Waals surface area contributed by atoms with Crippen LogP contribution in [-0.2, 0) is 14.3 Å². The summed E-state index contributed by atoms with van der Waals surface area (Å²) in [7, 11) is 0. The Labute approximate surface area is 129 Å². The van der Waals surface area contributed by atoms with Crippen molar-refractivity contribution < 1.29 is 32.6 Å². The molecule has 1 heterocycles. The second-order valence-corrected chi connectivity index (χ2v) is 4.50. The second kappa shape index (κ2) is 7.43. The quantitative estimate of drug-likeness (QED) is 0.628. The summed E-state index contributed by atoms with van der Waals surface area (Å²) in [6.45, 7) is -3.48. The third kappa shape index (κ3) is 4.83. The molecular formula is C14H12F2N2O5. The number of hydrogen-bond donors (Lipinski definition) is 1. The average Bonchev–Trinajstić information content (AvgIpc) is 2.53. The lowest BCUT2D eigenvalue weighted by atomic mass is 10.1. The Bertz CT molecular complexity index is 643. The van der Waals surface area contributed by atoms with Gasteiger partial charge in [0, 0.05) is 18.4 Å². The zero-order chi connectivity index (χ0) is 16.8. The van der Waals surface area contributed by atoms with Crippen LogP contribution >= 0.6 is 0 Å². The van der Waals surface area contributed by atoms with Gasteiger partial charge in [0.15, 0.2) is 12.4 Å². The van der Waals surface area contributed by atoms with Crippen LogP contribution in [0, 0.1) is 0 Å². The first-order chi connectivity index (χ1) is 11.0. The van der Waals surface area contributed by atoms with Crippen LogP contribution in [0.4, 0.5) is 8.78 Å². The summed E-state index contributed by atoms with van der Waals surface area (Å²) in [5.74, 6) is -1.69. The summed E-state index contributed by atoms with van der Waals surface area (Å²) in [5.41, 5.74) is 2.35. The molecule has 0 atom stereocenters. The van der Waals surface area contributed by atoms with Gasteiger partial charge in [-0.15, -0.1) is 0 Å². The molecule has 0 aromatic heterocycles. The van der Waals surface area contributed by atoms with E-state index in [2.05, 4.69) is 15.3 Å². The predicted octanol–water partition coefficient (Wildman–Crippen LogP) is 1.28. The van der Waals surface area contributed by atoms with Crippen molar-refractivity contribution >= 4 is 23.4 Å². The molecule has 1 aromatic rings. The van der Waals surface area contributed by atoms with E-state index in [9.17, 15) is 23.2 Å². The minimum Gasteiger partial charge on any atom is -0.453 e. The van der Waals surface area contributed by atoms with Gasteiger partial charge in [-0.3, -0.25) is 9.59 Å². The highest BCUT2D eigenvalue weighted by Gasteiger charge is 2.20. The van der Waals surface area contributed by atoms with E-state index < -0.39 is 25.0 Å². The van der Waals surface area contributed by atoms with E-state index in [0.29, 0.717) is 0 Å². The van der Waals surface area contributed by atoms with E-state index in [-0.39, 0.29) is 35.8 Å². The molecule has 0 radical (unpaired) electrons. The number of halogens is 2. The summed E-state index contributed by atoms with van der Waals surface area (Å²) >= 11 is 0. The maximum atomic E-state index is 12.0. The van der Waals surface area contributed by atoms with Crippen LogP contribution in [0.1, 0.15) is 23.2 Å². The van der Waals surface area contributed by atoms with Crippen LogP contribution in [0.25, 0.3) is 0 Å². The topological polar surface area (TPSA) is 94.1 Å². The first-order valence-corrected chi connectivity index (χ1v) is 6.56. The van der Waals surface area contributed by atoms with Gasteiger partial charge >= 0.3 is 12.6 Å². The van der Waals surface area contributed by atoms with E-state index >= 15 is 0 Å². The highest BCUT2D eigenvalue weighted by Crippen LogP contribution is 2.15. The van der Waals surface area contributed by atoms with Gasteiger partial charge in [-0.05, 0) is 24.3 Å². The minimum atomic E-state index is -2.95. The molecule has 0 aliphatic carbocycles. The lowest BCUT2D eigenvalue weighted by molar-refractivity contribution is -0.134. The van der Waals surface area contributed by atoms with Crippen molar-refractivity contribution in [3.05, 3.63) is 29.8 Å². The average molecular weight is 326 g/mol. The molecule has 9 heteroatoms. The molecular weight excluding hydrogens is 314 g/mol. The first-order valence-electron chi connectivity index (χ1n) is 6.56. The monoisotopic (exact) mass is 326 g/mol. The molecule has 2 rings (SSSR count). The highest BCUT2D eigenvalue weighted by molar-refractivity contribution is 6.37. The van der Waals surface area contributed by atoms with E-state index in [1.165, 1.54) is 24.3 Å². The Kier molecular flexibility index (Phi) is 5.34. The first kappa shape index (κ1) is 16.5. The number of alkyl halides is 2. The van der Waals surface area contributed by atoms with E-state index in [1.807, 2.05) is 0 Å². The minimum absolute atomic E-state index is 0.0260. The smallest absolute Gasteiger partial charge is 0.387 e. The SMILES string of the molecule is O=C1CCC(C(=O)OCC(=O)c2ccc(OC(F)F)cc2)=NN1. The number of Topliss-reactive ketones (excluding diaryl/α,β-unsaturated/α-hetero) is 1.